The molecule has 0 spiro atoms. The van der Waals surface area contributed by atoms with Crippen LogP contribution in [0.5, 0.6) is 0 Å². The molecule has 13 atom stereocenters. The van der Waals surface area contributed by atoms with E-state index in [0.717, 1.165) is 30.1 Å². The molecule has 0 saturated heterocycles. The fraction of sp³-hybridized carbons (Fsp3) is 0.905. The Hall–Kier alpha value is -0.860. The van der Waals surface area contributed by atoms with Gasteiger partial charge in [0, 0.05) is 30.6 Å². The van der Waals surface area contributed by atoms with Gasteiger partial charge in [-0.15, -0.1) is 0 Å². The molecule has 128 valence electrons. The summed E-state index contributed by atoms with van der Waals surface area (Å²) >= 11 is 0. The number of hydrogen-bond acceptors (Lipinski definition) is 3. The predicted molar refractivity (Wildman–Crippen MR) is 85.5 cm³/mol. The Morgan fingerprint density at radius 1 is 0.833 bits per heavy atom. The van der Waals surface area contributed by atoms with Crippen LogP contribution in [0.4, 0.5) is 0 Å². The first kappa shape index (κ1) is 13.4. The van der Waals surface area contributed by atoms with Crippen molar-refractivity contribution in [3.05, 3.63) is 0 Å². The molecule has 7 saturated carbocycles. The summed E-state index contributed by atoms with van der Waals surface area (Å²) in [5.41, 5.74) is 0. The first-order valence-corrected chi connectivity index (χ1v) is 10.4. The highest BCUT2D eigenvalue weighted by atomic mass is 16.5. The quantitative estimate of drug-likeness (QED) is 0.696. The van der Waals surface area contributed by atoms with Crippen LogP contribution in [0.15, 0.2) is 0 Å². The van der Waals surface area contributed by atoms with Crippen molar-refractivity contribution in [2.24, 2.45) is 71.0 Å². The molecular formula is C21H26O3. The molecule has 0 aliphatic heterocycles. The van der Waals surface area contributed by atoms with Gasteiger partial charge >= 0.3 is 5.97 Å². The highest BCUT2D eigenvalue weighted by Gasteiger charge is 2.81. The summed E-state index contributed by atoms with van der Waals surface area (Å²) in [6, 6.07) is 0. The Balaban J connectivity index is 1.43. The van der Waals surface area contributed by atoms with Crippen molar-refractivity contribution in [2.45, 2.75) is 45.1 Å². The number of esters is 1. The second kappa shape index (κ2) is 3.94. The fourth-order valence-electron chi connectivity index (χ4n) is 10.4. The largest absolute Gasteiger partial charge is 0.462 e. The lowest BCUT2D eigenvalue weighted by atomic mass is 9.77. The molecule has 7 aliphatic carbocycles. The summed E-state index contributed by atoms with van der Waals surface area (Å²) in [5, 5.41) is 0. The summed E-state index contributed by atoms with van der Waals surface area (Å²) in [6.07, 6.45) is 6.54. The van der Waals surface area contributed by atoms with Crippen LogP contribution in [0.25, 0.3) is 0 Å². The zero-order chi connectivity index (χ0) is 15.9. The van der Waals surface area contributed by atoms with Gasteiger partial charge in [-0.05, 0) is 73.0 Å². The number of fused-ring (bicyclic) bond motifs is 5. The Bertz CT molecular complexity index is 660. The Kier molecular flexibility index (Phi) is 2.19. The van der Waals surface area contributed by atoms with Gasteiger partial charge < -0.3 is 4.74 Å². The maximum absolute atomic E-state index is 13.3. The van der Waals surface area contributed by atoms with Crippen LogP contribution < -0.4 is 0 Å². The molecule has 0 aromatic carbocycles. The maximum atomic E-state index is 13.3. The summed E-state index contributed by atoms with van der Waals surface area (Å²) in [4.78, 5) is 25.2. The van der Waals surface area contributed by atoms with E-state index in [2.05, 4.69) is 0 Å². The molecule has 24 heavy (non-hydrogen) atoms. The van der Waals surface area contributed by atoms with E-state index in [9.17, 15) is 9.59 Å². The zero-order valence-electron chi connectivity index (χ0n) is 14.3. The molecule has 0 heterocycles. The van der Waals surface area contributed by atoms with E-state index in [1.165, 1.54) is 25.7 Å². The van der Waals surface area contributed by atoms with Crippen molar-refractivity contribution < 1.29 is 14.3 Å². The van der Waals surface area contributed by atoms with Gasteiger partial charge in [-0.2, -0.15) is 0 Å². The monoisotopic (exact) mass is 326 g/mol. The number of rotatable bonds is 1. The first-order valence-electron chi connectivity index (χ1n) is 10.4. The summed E-state index contributed by atoms with van der Waals surface area (Å²) < 4.78 is 6.08. The number of ether oxygens (including phenoxy) is 1. The van der Waals surface area contributed by atoms with Gasteiger partial charge in [0.15, 0.2) is 0 Å². The van der Waals surface area contributed by atoms with Crippen molar-refractivity contribution in [3.8, 4) is 0 Å². The molecule has 0 bridgehead atoms. The number of carbonyl (C=O) groups is 2. The van der Waals surface area contributed by atoms with Gasteiger partial charge in [0.05, 0.1) is 0 Å². The topological polar surface area (TPSA) is 43.4 Å². The molecule has 7 aliphatic rings. The summed E-state index contributed by atoms with van der Waals surface area (Å²) in [7, 11) is 0. The van der Waals surface area contributed by atoms with E-state index in [1.807, 2.05) is 0 Å². The van der Waals surface area contributed by atoms with Crippen molar-refractivity contribution in [1.29, 1.82) is 0 Å². The van der Waals surface area contributed by atoms with Crippen molar-refractivity contribution in [3.63, 3.8) is 0 Å². The highest BCUT2D eigenvalue weighted by molar-refractivity contribution is 5.88. The average molecular weight is 326 g/mol. The summed E-state index contributed by atoms with van der Waals surface area (Å²) in [5.74, 6) is 8.28. The molecule has 7 fully saturated rings. The Morgan fingerprint density at radius 2 is 1.54 bits per heavy atom. The lowest BCUT2D eigenvalue weighted by Crippen LogP contribution is -2.35. The van der Waals surface area contributed by atoms with Gasteiger partial charge in [-0.25, -0.2) is 0 Å². The molecule has 0 radical (unpaired) electrons. The molecule has 0 unspecified atom stereocenters. The van der Waals surface area contributed by atoms with Gasteiger partial charge in [0.25, 0.3) is 0 Å². The van der Waals surface area contributed by atoms with Crippen LogP contribution in [0.2, 0.25) is 0 Å². The minimum absolute atomic E-state index is 0.0720. The first-order chi connectivity index (χ1) is 11.7. The molecule has 0 aromatic rings. The second-order valence-electron chi connectivity index (χ2n) is 10.1. The van der Waals surface area contributed by atoms with Crippen molar-refractivity contribution >= 4 is 11.8 Å². The van der Waals surface area contributed by atoms with E-state index < -0.39 is 0 Å². The van der Waals surface area contributed by atoms with Crippen LogP contribution in [0.1, 0.15) is 39.0 Å². The lowest BCUT2D eigenvalue weighted by Gasteiger charge is -2.31. The minimum atomic E-state index is -0.0720. The molecule has 3 heteroatoms. The third-order valence-corrected chi connectivity index (χ3v) is 10.1. The van der Waals surface area contributed by atoms with Crippen LogP contribution >= 0.6 is 0 Å². The van der Waals surface area contributed by atoms with Crippen LogP contribution in [-0.2, 0) is 14.3 Å². The lowest BCUT2D eigenvalue weighted by molar-refractivity contribution is -0.153. The fourth-order valence-corrected chi connectivity index (χ4v) is 10.4. The minimum Gasteiger partial charge on any atom is -0.462 e. The van der Waals surface area contributed by atoms with Crippen LogP contribution in [0, 0.1) is 71.0 Å². The van der Waals surface area contributed by atoms with Gasteiger partial charge in [0.1, 0.15) is 11.9 Å². The third-order valence-electron chi connectivity index (χ3n) is 10.1. The van der Waals surface area contributed by atoms with Gasteiger partial charge in [0.2, 0.25) is 0 Å². The van der Waals surface area contributed by atoms with Gasteiger partial charge in [-0.3, -0.25) is 9.59 Å². The Labute approximate surface area is 142 Å². The van der Waals surface area contributed by atoms with Crippen LogP contribution in [-0.4, -0.2) is 17.9 Å². The van der Waals surface area contributed by atoms with Gasteiger partial charge in [-0.1, -0.05) is 6.42 Å². The summed E-state index contributed by atoms with van der Waals surface area (Å²) in [6.45, 7) is 1.60. The molecule has 0 aromatic heterocycles. The van der Waals surface area contributed by atoms with Crippen LogP contribution in [0.3, 0.4) is 0 Å². The number of hydrogen-bond donors (Lipinski definition) is 0. The Morgan fingerprint density at radius 3 is 2.33 bits per heavy atom. The van der Waals surface area contributed by atoms with Crippen molar-refractivity contribution in [2.75, 3.05) is 0 Å². The molecule has 0 N–H and O–H groups in total. The smallest absolute Gasteiger partial charge is 0.302 e. The predicted octanol–water partition coefficient (Wildman–Crippen LogP) is 2.93. The maximum Gasteiger partial charge on any atom is 0.302 e. The highest BCUT2D eigenvalue weighted by Crippen LogP contribution is 2.81. The molecular weight excluding hydrogens is 300 g/mol. The third kappa shape index (κ3) is 1.16. The van der Waals surface area contributed by atoms with E-state index in [1.54, 1.807) is 6.92 Å². The molecule has 3 nitrogen and oxygen atoms in total. The van der Waals surface area contributed by atoms with E-state index in [4.69, 9.17) is 4.74 Å². The number of ketones is 1. The van der Waals surface area contributed by atoms with E-state index in [-0.39, 0.29) is 12.1 Å². The number of Topliss-reactive ketones (excluding diaryl/α,β-unsaturated/α-hetero) is 1. The standard InChI is InChI=1S/C21H26O3/c1-7(22)24-21-14-9-4-2-3-8(9)13-17(14)18-15(21)10-5-6-11-12(10)16(18)19(13)20(11)23/h8-19,21H,2-6H2,1H3/t8-,9+,10+,11+,12-,13-,14+,15+,16+,17+,18-,19-,21+/m0/s1. The second-order valence-corrected chi connectivity index (χ2v) is 10.1. The normalized spacial score (nSPS) is 66.4. The van der Waals surface area contributed by atoms with E-state index >= 15 is 0 Å². The molecule has 0 amide bonds. The zero-order valence-corrected chi connectivity index (χ0v) is 14.3. The number of carbonyl (C=O) groups excluding carboxylic acids is 2. The average Bonchev–Trinajstić information content (AvgIpc) is 3.27. The SMILES string of the molecule is CC(=O)O[C@@H]1[C@@H]2[C@@H]3CCC[C@@H]3[C@@H]3[C@@H]4C(=O)[C@@H]5CC[C@@H]6[C@@H]5[C@@H]4[C@@H]([C@H]32)[C@@H]61. The molecule has 7 rings (SSSR count). The van der Waals surface area contributed by atoms with Crippen molar-refractivity contribution in [1.82, 2.24) is 0 Å². The van der Waals surface area contributed by atoms with E-state index in [0.29, 0.717) is 53.1 Å².